The van der Waals surface area contributed by atoms with Crippen LogP contribution in [0, 0.1) is 5.41 Å². The Kier molecular flexibility index (Phi) is 6.50. The second-order valence-corrected chi connectivity index (χ2v) is 6.55. The Labute approximate surface area is 141 Å². The molecule has 0 bridgehead atoms. The number of ether oxygens (including phenoxy) is 1. The number of nitrogens with one attached hydrogen (secondary N) is 2. The molecule has 4 nitrogen and oxygen atoms in total. The van der Waals surface area contributed by atoms with Crippen LogP contribution in [0.5, 0.6) is 0 Å². The second-order valence-electron chi connectivity index (χ2n) is 5.70. The monoisotopic (exact) mass is 344 g/mol. The van der Waals surface area contributed by atoms with Crippen LogP contribution in [-0.4, -0.2) is 39.3 Å². The van der Waals surface area contributed by atoms with Crippen LogP contribution in [0.3, 0.4) is 0 Å². The van der Waals surface area contributed by atoms with Crippen molar-refractivity contribution >= 4 is 29.1 Å². The lowest BCUT2D eigenvalue weighted by Crippen LogP contribution is -2.50. The Morgan fingerprint density at radius 1 is 1.36 bits per heavy atom. The summed E-state index contributed by atoms with van der Waals surface area (Å²) in [6.45, 7) is 2.71. The van der Waals surface area contributed by atoms with Gasteiger partial charge in [-0.2, -0.15) is 0 Å². The maximum Gasteiger partial charge on any atom is 0.228 e. The molecular formula is C16H22Cl2N2O2. The molecule has 1 aromatic rings. The van der Waals surface area contributed by atoms with E-state index < -0.39 is 5.41 Å². The lowest BCUT2D eigenvalue weighted by atomic mass is 9.78. The molecule has 1 heterocycles. The lowest BCUT2D eigenvalue weighted by molar-refractivity contribution is -0.136. The molecule has 1 aliphatic heterocycles. The van der Waals surface area contributed by atoms with E-state index in [1.807, 2.05) is 12.1 Å². The third-order valence-electron chi connectivity index (χ3n) is 4.16. The van der Waals surface area contributed by atoms with Crippen molar-refractivity contribution in [3.05, 3.63) is 33.8 Å². The molecule has 22 heavy (non-hydrogen) atoms. The molecule has 2 N–H and O–H groups in total. The van der Waals surface area contributed by atoms with Gasteiger partial charge < -0.3 is 15.4 Å². The number of methoxy groups -OCH3 is 1. The first kappa shape index (κ1) is 17.5. The van der Waals surface area contributed by atoms with E-state index in [2.05, 4.69) is 10.6 Å². The standard InChI is InChI=1S/C16H22Cl2N2O2/c1-22-11-16(5-8-19-9-6-16)15(21)20-7-4-12-2-3-13(17)10-14(12)18/h2-3,10,19H,4-9,11H2,1H3,(H,20,21). The maximum atomic E-state index is 12.6. The number of piperidine rings is 1. The average Bonchev–Trinajstić information content (AvgIpc) is 2.50. The molecule has 1 amide bonds. The minimum atomic E-state index is -0.413. The summed E-state index contributed by atoms with van der Waals surface area (Å²) in [4.78, 5) is 12.6. The molecule has 1 aliphatic rings. The molecule has 0 atom stereocenters. The second kappa shape index (κ2) is 8.16. The molecule has 122 valence electrons. The molecule has 1 saturated heterocycles. The summed E-state index contributed by atoms with van der Waals surface area (Å²) < 4.78 is 5.28. The zero-order valence-electron chi connectivity index (χ0n) is 12.8. The van der Waals surface area contributed by atoms with Gasteiger partial charge in [0.25, 0.3) is 0 Å². The van der Waals surface area contributed by atoms with Gasteiger partial charge in [-0.05, 0) is 50.0 Å². The molecular weight excluding hydrogens is 323 g/mol. The van der Waals surface area contributed by atoms with Crippen LogP contribution in [-0.2, 0) is 16.0 Å². The highest BCUT2D eigenvalue weighted by atomic mass is 35.5. The van der Waals surface area contributed by atoms with Crippen LogP contribution in [0.1, 0.15) is 18.4 Å². The first-order valence-electron chi connectivity index (χ1n) is 7.49. The van der Waals surface area contributed by atoms with E-state index in [0.29, 0.717) is 29.6 Å². The molecule has 0 aliphatic carbocycles. The van der Waals surface area contributed by atoms with Crippen LogP contribution >= 0.6 is 23.2 Å². The van der Waals surface area contributed by atoms with E-state index in [-0.39, 0.29) is 5.91 Å². The van der Waals surface area contributed by atoms with E-state index in [1.165, 1.54) is 0 Å². The fraction of sp³-hybridized carbons (Fsp3) is 0.562. The van der Waals surface area contributed by atoms with Gasteiger partial charge in [0.2, 0.25) is 5.91 Å². The number of carbonyl (C=O) groups is 1. The van der Waals surface area contributed by atoms with Gasteiger partial charge in [-0.15, -0.1) is 0 Å². The lowest BCUT2D eigenvalue weighted by Gasteiger charge is -2.35. The van der Waals surface area contributed by atoms with Crippen molar-refractivity contribution in [2.45, 2.75) is 19.3 Å². The van der Waals surface area contributed by atoms with Crippen molar-refractivity contribution in [1.29, 1.82) is 0 Å². The van der Waals surface area contributed by atoms with Gasteiger partial charge in [0.05, 0.1) is 12.0 Å². The highest BCUT2D eigenvalue weighted by molar-refractivity contribution is 6.35. The van der Waals surface area contributed by atoms with Gasteiger partial charge in [0.15, 0.2) is 0 Å². The Bertz CT molecular complexity index is 511. The van der Waals surface area contributed by atoms with Crippen LogP contribution in [0.25, 0.3) is 0 Å². The van der Waals surface area contributed by atoms with Crippen LogP contribution < -0.4 is 10.6 Å². The van der Waals surface area contributed by atoms with E-state index in [9.17, 15) is 4.79 Å². The highest BCUT2D eigenvalue weighted by Gasteiger charge is 2.39. The molecule has 0 unspecified atom stereocenters. The molecule has 0 aromatic heterocycles. The van der Waals surface area contributed by atoms with Crippen molar-refractivity contribution in [1.82, 2.24) is 10.6 Å². The third-order valence-corrected chi connectivity index (χ3v) is 4.74. The third kappa shape index (κ3) is 4.35. The van der Waals surface area contributed by atoms with Crippen LogP contribution in [0.4, 0.5) is 0 Å². The fourth-order valence-corrected chi connectivity index (χ4v) is 3.34. The largest absolute Gasteiger partial charge is 0.384 e. The molecule has 1 aromatic carbocycles. The van der Waals surface area contributed by atoms with Crippen molar-refractivity contribution in [2.75, 3.05) is 33.4 Å². The first-order chi connectivity index (χ1) is 10.6. The smallest absolute Gasteiger partial charge is 0.228 e. The van der Waals surface area contributed by atoms with Crippen molar-refractivity contribution in [2.24, 2.45) is 5.41 Å². The van der Waals surface area contributed by atoms with E-state index in [4.69, 9.17) is 27.9 Å². The molecule has 0 spiro atoms. The number of amides is 1. The summed E-state index contributed by atoms with van der Waals surface area (Å²) in [5.74, 6) is 0.0703. The summed E-state index contributed by atoms with van der Waals surface area (Å²) >= 11 is 12.0. The first-order valence-corrected chi connectivity index (χ1v) is 8.25. The summed E-state index contributed by atoms with van der Waals surface area (Å²) in [6.07, 6.45) is 2.28. The topological polar surface area (TPSA) is 50.4 Å². The predicted octanol–water partition coefficient (Wildman–Crippen LogP) is 2.67. The quantitative estimate of drug-likeness (QED) is 0.834. The van der Waals surface area contributed by atoms with E-state index in [1.54, 1.807) is 13.2 Å². The SMILES string of the molecule is COCC1(C(=O)NCCc2ccc(Cl)cc2Cl)CCNCC1. The zero-order chi connectivity index (χ0) is 16.0. The summed E-state index contributed by atoms with van der Waals surface area (Å²) in [7, 11) is 1.64. The predicted molar refractivity (Wildman–Crippen MR) is 89.6 cm³/mol. The van der Waals surface area contributed by atoms with Gasteiger partial charge >= 0.3 is 0 Å². The van der Waals surface area contributed by atoms with Gasteiger partial charge in [0.1, 0.15) is 0 Å². The van der Waals surface area contributed by atoms with Gasteiger partial charge in [-0.25, -0.2) is 0 Å². The average molecular weight is 345 g/mol. The molecule has 6 heteroatoms. The summed E-state index contributed by atoms with van der Waals surface area (Å²) in [6, 6.07) is 5.43. The van der Waals surface area contributed by atoms with E-state index >= 15 is 0 Å². The normalized spacial score (nSPS) is 17.2. The van der Waals surface area contributed by atoms with Gasteiger partial charge in [-0.1, -0.05) is 29.3 Å². The Balaban J connectivity index is 1.90. The van der Waals surface area contributed by atoms with Gasteiger partial charge in [-0.3, -0.25) is 4.79 Å². The Hall–Kier alpha value is -0.810. The maximum absolute atomic E-state index is 12.6. The summed E-state index contributed by atoms with van der Waals surface area (Å²) in [5, 5.41) is 7.56. The molecule has 0 radical (unpaired) electrons. The number of hydrogen-bond donors (Lipinski definition) is 2. The number of carbonyl (C=O) groups excluding carboxylic acids is 1. The van der Waals surface area contributed by atoms with E-state index in [0.717, 1.165) is 31.5 Å². The van der Waals surface area contributed by atoms with Crippen molar-refractivity contribution < 1.29 is 9.53 Å². The number of benzene rings is 1. The summed E-state index contributed by atoms with van der Waals surface area (Å²) in [5.41, 5.74) is 0.571. The minimum Gasteiger partial charge on any atom is -0.384 e. The fourth-order valence-electron chi connectivity index (χ4n) is 2.84. The zero-order valence-corrected chi connectivity index (χ0v) is 14.3. The molecule has 2 rings (SSSR count). The van der Waals surface area contributed by atoms with Gasteiger partial charge in [0, 0.05) is 23.7 Å². The number of rotatable bonds is 6. The van der Waals surface area contributed by atoms with Crippen LogP contribution in [0.2, 0.25) is 10.0 Å². The highest BCUT2D eigenvalue weighted by Crippen LogP contribution is 2.29. The number of hydrogen-bond acceptors (Lipinski definition) is 3. The molecule has 1 fully saturated rings. The minimum absolute atomic E-state index is 0.0703. The Morgan fingerprint density at radius 3 is 2.73 bits per heavy atom. The Morgan fingerprint density at radius 2 is 2.09 bits per heavy atom. The van der Waals surface area contributed by atoms with Crippen molar-refractivity contribution in [3.8, 4) is 0 Å². The van der Waals surface area contributed by atoms with Crippen LogP contribution in [0.15, 0.2) is 18.2 Å². The van der Waals surface area contributed by atoms with Crippen molar-refractivity contribution in [3.63, 3.8) is 0 Å². The molecule has 0 saturated carbocycles. The number of halogens is 2.